The summed E-state index contributed by atoms with van der Waals surface area (Å²) >= 11 is 0. The smallest absolute Gasteiger partial charge is 0.329 e. The molecule has 1 atom stereocenters. The number of para-hydroxylation sites is 1. The molecule has 2 aromatic carbocycles. The minimum atomic E-state index is -0.698. The number of piperidine rings is 1. The fourth-order valence-electron chi connectivity index (χ4n) is 8.88. The number of amides is 3. The van der Waals surface area contributed by atoms with Crippen molar-refractivity contribution in [1.29, 1.82) is 0 Å². The summed E-state index contributed by atoms with van der Waals surface area (Å²) in [6.07, 6.45) is 11.4. The number of benzene rings is 2. The van der Waals surface area contributed by atoms with E-state index in [1.807, 2.05) is 36.5 Å². The van der Waals surface area contributed by atoms with Crippen LogP contribution in [0.1, 0.15) is 67.4 Å². The summed E-state index contributed by atoms with van der Waals surface area (Å²) in [5.74, 6) is 0.570. The van der Waals surface area contributed by atoms with Crippen molar-refractivity contribution >= 4 is 56.8 Å². The highest BCUT2D eigenvalue weighted by Crippen LogP contribution is 2.36. The van der Waals surface area contributed by atoms with Crippen molar-refractivity contribution in [2.45, 2.75) is 57.0 Å². The molecule has 2 aliphatic heterocycles. The Bertz CT molecular complexity index is 2530. The van der Waals surface area contributed by atoms with Crippen molar-refractivity contribution in [3.05, 3.63) is 77.1 Å². The number of ether oxygens (including phenoxy) is 1. The molecule has 0 bridgehead atoms. The molecule has 16 nitrogen and oxygen atoms in total. The number of rotatable bonds is 9. The first-order valence-corrected chi connectivity index (χ1v) is 19.4. The molecule has 2 N–H and O–H groups in total. The average Bonchev–Trinajstić information content (AvgIpc) is 3.90. The number of piperazine rings is 1. The van der Waals surface area contributed by atoms with Crippen molar-refractivity contribution in [3.8, 4) is 5.75 Å². The Hall–Kier alpha value is -6.03. The lowest BCUT2D eigenvalue weighted by Crippen LogP contribution is -2.47. The fraction of sp³-hybridized carbons (Fsp3) is 0.425. The molecule has 3 aliphatic rings. The SMILES string of the molecule is COc1cc2nn(C3CCC(CCN4CCN(c5cccc6c5n(C)c(=O)n6C5CCC(=O)NC5=O)CC4)CC3)cc2cc1C(=O)Nc1cnc2cccnn12. The van der Waals surface area contributed by atoms with Gasteiger partial charge in [-0.2, -0.15) is 14.7 Å². The minimum Gasteiger partial charge on any atom is -0.496 e. The molecule has 9 rings (SSSR count). The normalized spacial score (nSPS) is 20.9. The van der Waals surface area contributed by atoms with Gasteiger partial charge in [0.25, 0.3) is 5.91 Å². The van der Waals surface area contributed by atoms with E-state index in [9.17, 15) is 19.2 Å². The zero-order valence-corrected chi connectivity index (χ0v) is 31.6. The van der Waals surface area contributed by atoms with Crippen LogP contribution in [0.3, 0.4) is 0 Å². The maximum atomic E-state index is 13.4. The van der Waals surface area contributed by atoms with Gasteiger partial charge >= 0.3 is 5.69 Å². The molecule has 1 unspecified atom stereocenters. The number of carbonyl (C=O) groups is 3. The Morgan fingerprint density at radius 3 is 2.61 bits per heavy atom. The van der Waals surface area contributed by atoms with Gasteiger partial charge in [0.2, 0.25) is 11.8 Å². The summed E-state index contributed by atoms with van der Waals surface area (Å²) in [4.78, 5) is 60.5. The second-order valence-electron chi connectivity index (χ2n) is 15.2. The average molecular weight is 760 g/mol. The summed E-state index contributed by atoms with van der Waals surface area (Å²) in [6.45, 7) is 4.63. The molecule has 1 saturated carbocycles. The molecule has 290 valence electrons. The predicted molar refractivity (Wildman–Crippen MR) is 210 cm³/mol. The van der Waals surface area contributed by atoms with E-state index in [2.05, 4.69) is 41.3 Å². The number of fused-ring (bicyclic) bond motifs is 3. The summed E-state index contributed by atoms with van der Waals surface area (Å²) in [5.41, 5.74) is 4.14. The largest absolute Gasteiger partial charge is 0.496 e. The number of nitrogens with one attached hydrogen (secondary N) is 2. The Morgan fingerprint density at radius 2 is 1.82 bits per heavy atom. The van der Waals surface area contributed by atoms with E-state index >= 15 is 0 Å². The number of carbonyl (C=O) groups excluding carboxylic acids is 3. The summed E-state index contributed by atoms with van der Waals surface area (Å²) in [5, 5.41) is 15.4. The van der Waals surface area contributed by atoms with Crippen molar-refractivity contribution in [1.82, 2.24) is 43.7 Å². The van der Waals surface area contributed by atoms with Gasteiger partial charge in [-0.3, -0.25) is 38.4 Å². The van der Waals surface area contributed by atoms with E-state index in [1.165, 1.54) is 0 Å². The number of aryl methyl sites for hydroxylation is 1. The van der Waals surface area contributed by atoms with Crippen LogP contribution in [0.4, 0.5) is 11.5 Å². The number of hydrogen-bond donors (Lipinski definition) is 2. The molecule has 3 amide bonds. The van der Waals surface area contributed by atoms with E-state index in [0.29, 0.717) is 41.2 Å². The summed E-state index contributed by atoms with van der Waals surface area (Å²) in [6, 6.07) is 12.8. The van der Waals surface area contributed by atoms with E-state index < -0.39 is 11.9 Å². The second-order valence-corrected chi connectivity index (χ2v) is 15.2. The third-order valence-electron chi connectivity index (χ3n) is 12.0. The molecular formula is C40H45N11O5. The molecular weight excluding hydrogens is 715 g/mol. The Labute approximate surface area is 322 Å². The molecule has 6 heterocycles. The topological polar surface area (TPSA) is 166 Å². The fourth-order valence-corrected chi connectivity index (χ4v) is 8.88. The molecule has 1 aliphatic carbocycles. The highest BCUT2D eigenvalue weighted by Gasteiger charge is 2.33. The van der Waals surface area contributed by atoms with Crippen LogP contribution in [0.2, 0.25) is 0 Å². The maximum Gasteiger partial charge on any atom is 0.329 e. The maximum absolute atomic E-state index is 13.4. The number of hydrogen-bond acceptors (Lipinski definition) is 10. The third-order valence-corrected chi connectivity index (χ3v) is 12.0. The van der Waals surface area contributed by atoms with Crippen LogP contribution in [-0.2, 0) is 16.6 Å². The number of anilines is 2. The molecule has 6 aromatic rings. The second kappa shape index (κ2) is 14.6. The molecule has 0 radical (unpaired) electrons. The highest BCUT2D eigenvalue weighted by atomic mass is 16.5. The highest BCUT2D eigenvalue weighted by molar-refractivity contribution is 6.08. The molecule has 56 heavy (non-hydrogen) atoms. The lowest BCUT2D eigenvalue weighted by molar-refractivity contribution is -0.135. The Morgan fingerprint density at radius 1 is 1.00 bits per heavy atom. The van der Waals surface area contributed by atoms with Crippen molar-refractivity contribution in [3.63, 3.8) is 0 Å². The number of methoxy groups -OCH3 is 1. The van der Waals surface area contributed by atoms with Gasteiger partial charge in [0.15, 0.2) is 11.5 Å². The molecule has 0 spiro atoms. The van der Waals surface area contributed by atoms with Crippen molar-refractivity contribution in [2.24, 2.45) is 13.0 Å². The van der Waals surface area contributed by atoms with Crippen molar-refractivity contribution in [2.75, 3.05) is 50.1 Å². The van der Waals surface area contributed by atoms with Crippen LogP contribution in [0, 0.1) is 5.92 Å². The van der Waals surface area contributed by atoms with E-state index in [4.69, 9.17) is 9.84 Å². The first-order chi connectivity index (χ1) is 27.2. The quantitative estimate of drug-likeness (QED) is 0.207. The van der Waals surface area contributed by atoms with Gasteiger partial charge in [-0.15, -0.1) is 0 Å². The summed E-state index contributed by atoms with van der Waals surface area (Å²) in [7, 11) is 3.32. The van der Waals surface area contributed by atoms with Gasteiger partial charge < -0.3 is 15.0 Å². The lowest BCUT2D eigenvalue weighted by atomic mass is 9.84. The van der Waals surface area contributed by atoms with Crippen LogP contribution in [0.15, 0.2) is 65.8 Å². The number of imide groups is 1. The third kappa shape index (κ3) is 6.46. The summed E-state index contributed by atoms with van der Waals surface area (Å²) < 4.78 is 12.5. The van der Waals surface area contributed by atoms with Gasteiger partial charge in [0.1, 0.15) is 11.8 Å². The number of nitrogens with zero attached hydrogens (tertiary/aromatic N) is 9. The number of aromatic nitrogens is 7. The molecule has 4 aromatic heterocycles. The predicted octanol–water partition coefficient (Wildman–Crippen LogP) is 3.91. The molecule has 16 heteroatoms. The van der Waals surface area contributed by atoms with Crippen LogP contribution in [0.25, 0.3) is 27.6 Å². The number of imidazole rings is 2. The van der Waals surface area contributed by atoms with Crippen LogP contribution in [-0.4, -0.2) is 96.0 Å². The van der Waals surface area contributed by atoms with Crippen molar-refractivity contribution < 1.29 is 19.1 Å². The van der Waals surface area contributed by atoms with Crippen LogP contribution >= 0.6 is 0 Å². The standard InChI is InChI=1S/C40H45N11O5/c1-46-37-30(5-3-6-31(37)50(40(46)55)32-12-13-36(52)44-39(32)54)48-19-17-47(18-20-48)16-14-25-8-10-27(11-9-25)49-24-26-21-28(33(56-2)22-29(26)45-49)38(53)43-35-23-41-34-7-4-15-42-51(34)35/h3-7,15,21-25,27,32H,8-14,16-20H2,1-2H3,(H,43,53)(H,44,52,54). The molecule has 2 saturated heterocycles. The Kier molecular flexibility index (Phi) is 9.27. The first kappa shape index (κ1) is 35.7. The van der Waals surface area contributed by atoms with Crippen LogP contribution < -0.4 is 26.0 Å². The van der Waals surface area contributed by atoms with E-state index in [0.717, 1.165) is 92.5 Å². The van der Waals surface area contributed by atoms with E-state index in [1.54, 1.807) is 46.3 Å². The van der Waals surface area contributed by atoms with Gasteiger partial charge in [0.05, 0.1) is 47.1 Å². The first-order valence-electron chi connectivity index (χ1n) is 19.4. The van der Waals surface area contributed by atoms with Gasteiger partial charge in [-0.25, -0.2) is 9.78 Å². The van der Waals surface area contributed by atoms with Gasteiger partial charge in [-0.05, 0) is 81.3 Å². The van der Waals surface area contributed by atoms with E-state index in [-0.39, 0.29) is 23.9 Å². The van der Waals surface area contributed by atoms with Gasteiger partial charge in [-0.1, -0.05) is 6.07 Å². The van der Waals surface area contributed by atoms with Crippen LogP contribution in [0.5, 0.6) is 5.75 Å². The zero-order chi connectivity index (χ0) is 38.5. The lowest BCUT2D eigenvalue weighted by Gasteiger charge is -2.37. The molecule has 3 fully saturated rings. The monoisotopic (exact) mass is 759 g/mol. The zero-order valence-electron chi connectivity index (χ0n) is 31.6. The Balaban J connectivity index is 0.793. The minimum absolute atomic E-state index is 0.217. The van der Waals surface area contributed by atoms with Gasteiger partial charge in [0, 0.05) is 63.5 Å².